The Bertz CT molecular complexity index is 1460. The Balaban J connectivity index is 1.34. The number of carbonyl (C=O) groups excluding carboxylic acids is 2. The molecule has 2 amide bonds. The lowest BCUT2D eigenvalue weighted by Crippen LogP contribution is -2.42. The third-order valence-corrected chi connectivity index (χ3v) is 8.55. The lowest BCUT2D eigenvalue weighted by Gasteiger charge is -2.30. The van der Waals surface area contributed by atoms with Crippen LogP contribution in [0.4, 0.5) is 11.5 Å². The minimum absolute atomic E-state index is 0.0387. The molecule has 14 nitrogen and oxygen atoms in total. The van der Waals surface area contributed by atoms with Crippen LogP contribution in [0.1, 0.15) is 65.4 Å². The number of fused-ring (bicyclic) bond motifs is 1. The number of nitrogens with zero attached hydrogens (tertiary/aromatic N) is 6. The maximum atomic E-state index is 13.2. The topological polar surface area (TPSA) is 196 Å². The van der Waals surface area contributed by atoms with Crippen molar-refractivity contribution < 1.29 is 18.0 Å². The maximum Gasteiger partial charge on any atom is 0.271 e. The minimum atomic E-state index is -3.27. The van der Waals surface area contributed by atoms with Crippen LogP contribution in [-0.4, -0.2) is 80.3 Å². The predicted molar refractivity (Wildman–Crippen MR) is 140 cm³/mol. The summed E-state index contributed by atoms with van der Waals surface area (Å²) in [6.07, 6.45) is 11.0. The summed E-state index contributed by atoms with van der Waals surface area (Å²) in [4.78, 5) is 29.9. The van der Waals surface area contributed by atoms with E-state index >= 15 is 0 Å². The number of sulfonamides is 1. The molecule has 204 valence electrons. The van der Waals surface area contributed by atoms with Crippen molar-refractivity contribution in [3.63, 3.8) is 0 Å². The van der Waals surface area contributed by atoms with Gasteiger partial charge in [-0.2, -0.15) is 10.2 Å². The van der Waals surface area contributed by atoms with Gasteiger partial charge in [0.15, 0.2) is 11.3 Å². The molecule has 3 aromatic heterocycles. The zero-order chi connectivity index (χ0) is 27.0. The molecule has 4 heterocycles. The quantitative estimate of drug-likeness (QED) is 0.328. The van der Waals surface area contributed by atoms with Crippen LogP contribution in [0.15, 0.2) is 24.7 Å². The molecule has 1 aliphatic carbocycles. The number of nitrogens with two attached hydrogens (primary N) is 2. The molecule has 0 aromatic carbocycles. The van der Waals surface area contributed by atoms with Crippen LogP contribution in [0.25, 0.3) is 5.65 Å². The van der Waals surface area contributed by atoms with Crippen molar-refractivity contribution >= 4 is 39.0 Å². The monoisotopic (exact) mass is 544 g/mol. The van der Waals surface area contributed by atoms with E-state index in [-0.39, 0.29) is 35.1 Å². The summed E-state index contributed by atoms with van der Waals surface area (Å²) >= 11 is 0. The van der Waals surface area contributed by atoms with E-state index in [9.17, 15) is 18.0 Å². The molecule has 0 radical (unpaired) electrons. The maximum absolute atomic E-state index is 13.2. The number of aromatic nitrogens is 5. The van der Waals surface area contributed by atoms with E-state index in [1.165, 1.54) is 21.3 Å². The summed E-state index contributed by atoms with van der Waals surface area (Å²) in [5.74, 6) is -0.714. The fourth-order valence-electron chi connectivity index (χ4n) is 5.12. The van der Waals surface area contributed by atoms with E-state index in [2.05, 4.69) is 25.8 Å². The molecule has 1 aliphatic heterocycles. The predicted octanol–water partition coefficient (Wildman–Crippen LogP) is 0.555. The van der Waals surface area contributed by atoms with Gasteiger partial charge in [0.25, 0.3) is 11.8 Å². The zero-order valence-corrected chi connectivity index (χ0v) is 21.9. The van der Waals surface area contributed by atoms with Crippen molar-refractivity contribution in [3.8, 4) is 0 Å². The largest absolute Gasteiger partial charge is 0.366 e. The Labute approximate surface area is 219 Å². The smallest absolute Gasteiger partial charge is 0.271 e. The highest BCUT2D eigenvalue weighted by Gasteiger charge is 2.28. The summed E-state index contributed by atoms with van der Waals surface area (Å²) in [7, 11) is -3.27. The lowest BCUT2D eigenvalue weighted by atomic mass is 9.91. The number of anilines is 2. The molecule has 2 fully saturated rings. The first-order chi connectivity index (χ1) is 18.1. The number of primary amides is 1. The molecule has 3 aromatic rings. The van der Waals surface area contributed by atoms with Crippen LogP contribution in [0.2, 0.25) is 0 Å². The van der Waals surface area contributed by atoms with Gasteiger partial charge in [-0.25, -0.2) is 22.2 Å². The molecule has 0 bridgehead atoms. The fraction of sp³-hybridized carbons (Fsp3) is 0.522. The van der Waals surface area contributed by atoms with Crippen molar-refractivity contribution in [2.75, 3.05) is 30.0 Å². The summed E-state index contributed by atoms with van der Waals surface area (Å²) in [5, 5.41) is 14.6. The van der Waals surface area contributed by atoms with Gasteiger partial charge < -0.3 is 22.1 Å². The molecule has 0 spiro atoms. The molecule has 38 heavy (non-hydrogen) atoms. The molecule has 5 rings (SSSR count). The number of hydrogen-bond acceptors (Lipinski definition) is 9. The van der Waals surface area contributed by atoms with Gasteiger partial charge in [-0.05, 0) is 31.7 Å². The molecule has 2 unspecified atom stereocenters. The number of nitrogens with one attached hydrogen (secondary N) is 2. The van der Waals surface area contributed by atoms with Crippen molar-refractivity contribution in [1.82, 2.24) is 28.7 Å². The van der Waals surface area contributed by atoms with Crippen LogP contribution in [0, 0.1) is 0 Å². The van der Waals surface area contributed by atoms with E-state index in [0.29, 0.717) is 37.4 Å². The molecule has 6 N–H and O–H groups in total. The third kappa shape index (κ3) is 5.35. The lowest BCUT2D eigenvalue weighted by molar-refractivity contribution is 0.0995. The Morgan fingerprint density at radius 2 is 1.87 bits per heavy atom. The first kappa shape index (κ1) is 26.1. The summed E-state index contributed by atoms with van der Waals surface area (Å²) < 4.78 is 28.1. The van der Waals surface area contributed by atoms with Gasteiger partial charge in [0, 0.05) is 37.6 Å². The van der Waals surface area contributed by atoms with Crippen molar-refractivity contribution in [2.24, 2.45) is 11.5 Å². The normalized spacial score (nSPS) is 21.4. The van der Waals surface area contributed by atoms with Gasteiger partial charge in [0.2, 0.25) is 10.0 Å². The van der Waals surface area contributed by atoms with Crippen LogP contribution in [0.5, 0.6) is 0 Å². The van der Waals surface area contributed by atoms with Gasteiger partial charge in [-0.15, -0.1) is 0 Å². The highest BCUT2D eigenvalue weighted by Crippen LogP contribution is 2.27. The van der Waals surface area contributed by atoms with Crippen molar-refractivity contribution in [1.29, 1.82) is 0 Å². The minimum Gasteiger partial charge on any atom is -0.366 e. The number of rotatable bonds is 7. The van der Waals surface area contributed by atoms with Crippen molar-refractivity contribution in [2.45, 2.75) is 56.7 Å². The van der Waals surface area contributed by atoms with Crippen LogP contribution < -0.4 is 22.1 Å². The van der Waals surface area contributed by atoms with Crippen molar-refractivity contribution in [3.05, 3.63) is 35.9 Å². The number of hydrogen-bond donors (Lipinski definition) is 4. The molecular formula is C23H32N10O4S. The number of carbonyl (C=O) groups is 2. The van der Waals surface area contributed by atoms with E-state index in [1.807, 2.05) is 0 Å². The molecule has 2 atom stereocenters. The Hall–Kier alpha value is -3.56. The molecular weight excluding hydrogens is 512 g/mol. The standard InChI is InChI=1S/C23H32N10O4S/c1-38(36,37)31-9-6-14(7-10-31)33-13-18(20(30-33)21(25)34)28-23(35)15-12-26-32-11-8-19(29-22(15)32)27-17-5-3-2-4-16(17)24/h8,11-14,16-17H,2-7,9-10,24H2,1H3,(H2,25,34)(H,27,29)(H,28,35). The van der Waals surface area contributed by atoms with E-state index < -0.39 is 21.8 Å². The zero-order valence-electron chi connectivity index (χ0n) is 21.1. The van der Waals surface area contributed by atoms with Gasteiger partial charge in [-0.3, -0.25) is 14.3 Å². The van der Waals surface area contributed by atoms with Crippen LogP contribution in [-0.2, 0) is 10.0 Å². The van der Waals surface area contributed by atoms with E-state index in [4.69, 9.17) is 11.5 Å². The summed E-state index contributed by atoms with van der Waals surface area (Å²) in [5.41, 5.74) is 12.4. The van der Waals surface area contributed by atoms with Crippen LogP contribution >= 0.6 is 0 Å². The molecule has 15 heteroatoms. The average molecular weight is 545 g/mol. The highest BCUT2D eigenvalue weighted by atomic mass is 32.2. The molecule has 1 saturated heterocycles. The van der Waals surface area contributed by atoms with Gasteiger partial charge in [0.05, 0.1) is 24.2 Å². The first-order valence-electron chi connectivity index (χ1n) is 12.6. The Morgan fingerprint density at radius 1 is 1.13 bits per heavy atom. The van der Waals surface area contributed by atoms with Gasteiger partial charge >= 0.3 is 0 Å². The number of amides is 2. The summed E-state index contributed by atoms with van der Waals surface area (Å²) in [6.45, 7) is 0.681. The second-order valence-corrected chi connectivity index (χ2v) is 11.9. The molecule has 2 aliphatic rings. The molecule has 1 saturated carbocycles. The summed E-state index contributed by atoms with van der Waals surface area (Å²) in [6, 6.07) is 1.78. The van der Waals surface area contributed by atoms with Gasteiger partial charge in [-0.1, -0.05) is 12.8 Å². The first-order valence-corrected chi connectivity index (χ1v) is 14.5. The third-order valence-electron chi connectivity index (χ3n) is 7.25. The van der Waals surface area contributed by atoms with E-state index in [1.54, 1.807) is 23.1 Å². The second kappa shape index (κ2) is 10.3. The number of piperidine rings is 1. The average Bonchev–Trinajstić information content (AvgIpc) is 3.49. The Morgan fingerprint density at radius 3 is 2.55 bits per heavy atom. The van der Waals surface area contributed by atoms with Gasteiger partial charge in [0.1, 0.15) is 11.4 Å². The SMILES string of the molecule is CS(=O)(=O)N1CCC(n2cc(NC(=O)c3cnn4ccc(NC5CCCCC5N)nc34)c(C(N)=O)n2)CC1. The van der Waals surface area contributed by atoms with E-state index in [0.717, 1.165) is 25.7 Å². The fourth-order valence-corrected chi connectivity index (χ4v) is 5.99. The second-order valence-electron chi connectivity index (χ2n) is 9.92. The highest BCUT2D eigenvalue weighted by molar-refractivity contribution is 7.88. The van der Waals surface area contributed by atoms with Crippen LogP contribution in [0.3, 0.4) is 0 Å². The Kier molecular flexibility index (Phi) is 7.07.